The molecule has 4 aliphatic rings. The summed E-state index contributed by atoms with van der Waals surface area (Å²) in [5.74, 6) is 0.861. The fourth-order valence-electron chi connectivity index (χ4n) is 6.64. The summed E-state index contributed by atoms with van der Waals surface area (Å²) in [5, 5.41) is 19.4. The Balaban J connectivity index is 1.37. The third kappa shape index (κ3) is 3.87. The van der Waals surface area contributed by atoms with Gasteiger partial charge in [-0.2, -0.15) is 5.10 Å². The number of amides is 1. The van der Waals surface area contributed by atoms with Crippen LogP contribution in [0.3, 0.4) is 0 Å². The molecular formula is C26H37N7O. The van der Waals surface area contributed by atoms with Crippen molar-refractivity contribution in [1.29, 1.82) is 5.41 Å². The minimum Gasteiger partial charge on any atom is -0.373 e. The molecule has 0 saturated heterocycles. The van der Waals surface area contributed by atoms with Crippen LogP contribution in [-0.2, 0) is 24.3 Å². The highest BCUT2D eigenvalue weighted by Gasteiger charge is 2.49. The molecule has 8 nitrogen and oxygen atoms in total. The number of nitrogens with zero attached hydrogens (tertiary/aromatic N) is 4. The first-order valence-electron chi connectivity index (χ1n) is 12.6. The van der Waals surface area contributed by atoms with Crippen molar-refractivity contribution in [1.82, 2.24) is 20.1 Å². The van der Waals surface area contributed by atoms with Gasteiger partial charge in [0.15, 0.2) is 0 Å². The lowest BCUT2D eigenvalue weighted by Crippen LogP contribution is -2.57. The van der Waals surface area contributed by atoms with Gasteiger partial charge in [0.05, 0.1) is 16.9 Å². The molecule has 0 atom stereocenters. The molecule has 34 heavy (non-hydrogen) atoms. The zero-order chi connectivity index (χ0) is 24.1. The SMILES string of the molecule is CNc1nc(C)cc(N2CCc3c(c(C)nn3CC34CCC(NC(C)=O)(CC3)CC4)C2)c1C=N. The number of aryl methyl sites for hydroxylation is 2. The highest BCUT2D eigenvalue weighted by Crippen LogP contribution is 2.53. The van der Waals surface area contributed by atoms with Gasteiger partial charge >= 0.3 is 0 Å². The highest BCUT2D eigenvalue weighted by molar-refractivity contribution is 5.92. The zero-order valence-corrected chi connectivity index (χ0v) is 20.9. The summed E-state index contributed by atoms with van der Waals surface area (Å²) in [7, 11) is 1.86. The molecule has 1 amide bonds. The molecule has 3 aliphatic carbocycles. The van der Waals surface area contributed by atoms with Gasteiger partial charge in [0.1, 0.15) is 5.82 Å². The van der Waals surface area contributed by atoms with Crippen LogP contribution in [0.4, 0.5) is 11.5 Å². The van der Waals surface area contributed by atoms with Gasteiger partial charge < -0.3 is 20.9 Å². The molecule has 1 aliphatic heterocycles. The summed E-state index contributed by atoms with van der Waals surface area (Å²) in [5.41, 5.74) is 7.03. The maximum absolute atomic E-state index is 11.7. The lowest BCUT2D eigenvalue weighted by molar-refractivity contribution is -0.123. The number of rotatable bonds is 6. The number of pyridine rings is 1. The maximum atomic E-state index is 11.7. The summed E-state index contributed by atoms with van der Waals surface area (Å²) in [6, 6.07) is 2.09. The van der Waals surface area contributed by atoms with Gasteiger partial charge in [-0.3, -0.25) is 9.48 Å². The van der Waals surface area contributed by atoms with Crippen LogP contribution < -0.4 is 15.5 Å². The van der Waals surface area contributed by atoms with Crippen molar-refractivity contribution >= 4 is 23.6 Å². The lowest BCUT2D eigenvalue weighted by atomic mass is 9.57. The van der Waals surface area contributed by atoms with Gasteiger partial charge in [-0.05, 0) is 63.9 Å². The number of carbonyl (C=O) groups is 1. The fraction of sp³-hybridized carbons (Fsp3) is 0.615. The summed E-state index contributed by atoms with van der Waals surface area (Å²) < 4.78 is 2.31. The molecule has 3 fully saturated rings. The predicted molar refractivity (Wildman–Crippen MR) is 135 cm³/mol. The van der Waals surface area contributed by atoms with E-state index >= 15 is 0 Å². The Morgan fingerprint density at radius 3 is 2.53 bits per heavy atom. The number of anilines is 2. The van der Waals surface area contributed by atoms with E-state index in [2.05, 4.69) is 38.2 Å². The van der Waals surface area contributed by atoms with Crippen LogP contribution >= 0.6 is 0 Å². The second-order valence-corrected chi connectivity index (χ2v) is 10.7. The molecule has 8 heteroatoms. The normalized spacial score (nSPS) is 25.7. The van der Waals surface area contributed by atoms with Crippen LogP contribution in [0.5, 0.6) is 0 Å². The smallest absolute Gasteiger partial charge is 0.217 e. The first-order chi connectivity index (χ1) is 16.3. The van der Waals surface area contributed by atoms with Crippen molar-refractivity contribution < 1.29 is 4.79 Å². The standard InChI is InChI=1S/C26H37N7O/c1-17-13-23(20(14-27)24(28-4)29-17)32-12-5-22-21(15-32)18(2)31-33(22)16-25-6-9-26(10-7-25,11-8-25)30-19(3)34/h13-14,27H,5-12,15-16H2,1-4H3,(H,28,29)(H,30,34). The molecule has 0 unspecified atom stereocenters. The van der Waals surface area contributed by atoms with E-state index in [0.717, 1.165) is 73.8 Å². The summed E-state index contributed by atoms with van der Waals surface area (Å²) in [4.78, 5) is 18.6. The molecule has 0 spiro atoms. The quantitative estimate of drug-likeness (QED) is 0.567. The minimum atomic E-state index is 0.0367. The van der Waals surface area contributed by atoms with Gasteiger partial charge in [0.2, 0.25) is 5.91 Å². The topological polar surface area (TPSA) is 98.9 Å². The second kappa shape index (κ2) is 8.40. The molecule has 182 valence electrons. The van der Waals surface area contributed by atoms with E-state index in [9.17, 15) is 4.79 Å². The Kier molecular flexibility index (Phi) is 5.65. The van der Waals surface area contributed by atoms with Crippen molar-refractivity contribution in [3.63, 3.8) is 0 Å². The molecule has 2 aromatic rings. The van der Waals surface area contributed by atoms with E-state index in [1.54, 1.807) is 6.92 Å². The van der Waals surface area contributed by atoms with E-state index < -0.39 is 0 Å². The molecule has 0 aromatic carbocycles. The van der Waals surface area contributed by atoms with Crippen LogP contribution in [0.2, 0.25) is 0 Å². The van der Waals surface area contributed by atoms with Crippen LogP contribution in [0.25, 0.3) is 0 Å². The van der Waals surface area contributed by atoms with Crippen LogP contribution in [-0.4, -0.2) is 46.0 Å². The van der Waals surface area contributed by atoms with Crippen LogP contribution in [0.15, 0.2) is 6.07 Å². The molecule has 6 rings (SSSR count). The molecule has 3 saturated carbocycles. The third-order valence-electron chi connectivity index (χ3n) is 8.55. The average Bonchev–Trinajstić information content (AvgIpc) is 3.13. The Hall–Kier alpha value is -2.90. The fourth-order valence-corrected chi connectivity index (χ4v) is 6.64. The molecule has 2 bridgehead atoms. The van der Waals surface area contributed by atoms with E-state index in [1.165, 1.54) is 36.7 Å². The van der Waals surface area contributed by atoms with Crippen LogP contribution in [0, 0.1) is 24.7 Å². The third-order valence-corrected chi connectivity index (χ3v) is 8.55. The van der Waals surface area contributed by atoms with Crippen molar-refractivity contribution in [2.75, 3.05) is 23.8 Å². The van der Waals surface area contributed by atoms with Gasteiger partial charge in [-0.25, -0.2) is 4.98 Å². The molecule has 0 radical (unpaired) electrons. The summed E-state index contributed by atoms with van der Waals surface area (Å²) >= 11 is 0. The Morgan fingerprint density at radius 1 is 1.21 bits per heavy atom. The predicted octanol–water partition coefficient (Wildman–Crippen LogP) is 3.73. The number of aromatic nitrogens is 3. The number of hydrogen-bond acceptors (Lipinski definition) is 6. The molecule has 2 aromatic heterocycles. The minimum absolute atomic E-state index is 0.0367. The van der Waals surface area contributed by atoms with Crippen molar-refractivity contribution in [3.8, 4) is 0 Å². The van der Waals surface area contributed by atoms with Gasteiger partial charge in [0, 0.05) is 68.7 Å². The number of hydrogen-bond donors (Lipinski definition) is 3. The van der Waals surface area contributed by atoms with Gasteiger partial charge in [0.25, 0.3) is 0 Å². The molecule has 3 heterocycles. The van der Waals surface area contributed by atoms with Crippen molar-refractivity contribution in [2.24, 2.45) is 5.41 Å². The van der Waals surface area contributed by atoms with E-state index in [4.69, 9.17) is 10.5 Å². The first kappa shape index (κ1) is 22.9. The molecule has 3 N–H and O–H groups in total. The van der Waals surface area contributed by atoms with Crippen molar-refractivity contribution in [3.05, 3.63) is 34.3 Å². The van der Waals surface area contributed by atoms with Gasteiger partial charge in [-0.1, -0.05) is 0 Å². The number of nitrogens with one attached hydrogen (secondary N) is 3. The number of fused-ring (bicyclic) bond motifs is 4. The zero-order valence-electron chi connectivity index (χ0n) is 20.9. The monoisotopic (exact) mass is 463 g/mol. The maximum Gasteiger partial charge on any atom is 0.217 e. The summed E-state index contributed by atoms with van der Waals surface area (Å²) in [6.45, 7) is 8.49. The lowest BCUT2D eigenvalue weighted by Gasteiger charge is -2.53. The largest absolute Gasteiger partial charge is 0.373 e. The van der Waals surface area contributed by atoms with E-state index in [0.29, 0.717) is 5.41 Å². The van der Waals surface area contributed by atoms with E-state index in [1.807, 2.05) is 14.0 Å². The average molecular weight is 464 g/mol. The highest BCUT2D eigenvalue weighted by atomic mass is 16.1. The number of carbonyl (C=O) groups excluding carboxylic acids is 1. The van der Waals surface area contributed by atoms with Crippen LogP contribution in [0.1, 0.15) is 73.7 Å². The first-order valence-corrected chi connectivity index (χ1v) is 12.6. The Bertz CT molecular complexity index is 1110. The second-order valence-electron chi connectivity index (χ2n) is 10.7. The molecular weight excluding hydrogens is 426 g/mol. The van der Waals surface area contributed by atoms with E-state index in [-0.39, 0.29) is 11.4 Å². The Morgan fingerprint density at radius 2 is 1.91 bits per heavy atom. The summed E-state index contributed by atoms with van der Waals surface area (Å²) in [6.07, 6.45) is 9.12. The van der Waals surface area contributed by atoms with Crippen molar-refractivity contribution in [2.45, 2.75) is 84.3 Å². The Labute approximate surface area is 202 Å². The van der Waals surface area contributed by atoms with Gasteiger partial charge in [-0.15, -0.1) is 0 Å².